The highest BCUT2D eigenvalue weighted by molar-refractivity contribution is 7.07. The number of hydrogen-bond acceptors (Lipinski definition) is 7. The van der Waals surface area contributed by atoms with Crippen LogP contribution in [0.25, 0.3) is 6.08 Å². The molecule has 0 spiro atoms. The molecule has 0 aliphatic carbocycles. The highest BCUT2D eigenvalue weighted by Gasteiger charge is 2.33. The highest BCUT2D eigenvalue weighted by atomic mass is 32.1. The Labute approximate surface area is 214 Å². The van der Waals surface area contributed by atoms with E-state index < -0.39 is 12.0 Å². The third-order valence-electron chi connectivity index (χ3n) is 5.78. The van der Waals surface area contributed by atoms with Crippen LogP contribution in [-0.4, -0.2) is 30.4 Å². The first-order chi connectivity index (χ1) is 17.4. The molecule has 36 heavy (non-hydrogen) atoms. The summed E-state index contributed by atoms with van der Waals surface area (Å²) >= 11 is 1.29. The number of carbonyl (C=O) groups excluding carboxylic acids is 1. The lowest BCUT2D eigenvalue weighted by atomic mass is 9.95. The van der Waals surface area contributed by atoms with E-state index in [4.69, 9.17) is 14.2 Å². The fourth-order valence-corrected chi connectivity index (χ4v) is 5.21. The Morgan fingerprint density at radius 3 is 2.36 bits per heavy atom. The third-order valence-corrected chi connectivity index (χ3v) is 6.76. The fourth-order valence-electron chi connectivity index (χ4n) is 4.16. The first-order valence-electron chi connectivity index (χ1n) is 12.0. The molecule has 2 aromatic carbocycles. The van der Waals surface area contributed by atoms with Gasteiger partial charge in [0.05, 0.1) is 41.7 Å². The average molecular weight is 507 g/mol. The van der Waals surface area contributed by atoms with Gasteiger partial charge in [-0.1, -0.05) is 47.2 Å². The van der Waals surface area contributed by atoms with Crippen molar-refractivity contribution >= 4 is 23.4 Å². The van der Waals surface area contributed by atoms with Gasteiger partial charge >= 0.3 is 5.97 Å². The monoisotopic (exact) mass is 506 g/mol. The van der Waals surface area contributed by atoms with Crippen molar-refractivity contribution in [3.63, 3.8) is 0 Å². The number of esters is 1. The van der Waals surface area contributed by atoms with Gasteiger partial charge in [0.1, 0.15) is 0 Å². The number of hydrogen-bond donors (Lipinski definition) is 0. The quantitative estimate of drug-likeness (QED) is 0.433. The van der Waals surface area contributed by atoms with E-state index in [1.54, 1.807) is 18.4 Å². The van der Waals surface area contributed by atoms with Crippen LogP contribution in [0.4, 0.5) is 0 Å². The molecule has 0 saturated carbocycles. The minimum absolute atomic E-state index is 0.217. The van der Waals surface area contributed by atoms with E-state index in [-0.39, 0.29) is 12.2 Å². The zero-order valence-electron chi connectivity index (χ0n) is 21.2. The van der Waals surface area contributed by atoms with Crippen molar-refractivity contribution in [3.8, 4) is 11.5 Å². The Morgan fingerprint density at radius 2 is 1.69 bits per heavy atom. The number of allylic oxidation sites excluding steroid dienone is 1. The smallest absolute Gasteiger partial charge is 0.338 e. The van der Waals surface area contributed by atoms with Crippen LogP contribution in [-0.2, 0) is 9.53 Å². The second-order valence-corrected chi connectivity index (χ2v) is 9.29. The molecule has 1 aromatic heterocycles. The standard InChI is InChI=1S/C28H30N2O5S/c1-6-33-21-14-11-19(15-22(21)34-7-2)16-23-26(31)30-25(20-12-9-17(4)10-13-20)24(27(32)35-8-3)18(5)29-28(30)36-23/h9-16,25H,6-8H2,1-5H3/b23-16+/t25-/m1/s1. The van der Waals surface area contributed by atoms with Gasteiger partial charge in [-0.05, 0) is 64.0 Å². The minimum Gasteiger partial charge on any atom is -0.490 e. The zero-order chi connectivity index (χ0) is 25.8. The number of aryl methyl sites for hydroxylation is 1. The molecule has 1 atom stereocenters. The lowest BCUT2D eigenvalue weighted by Crippen LogP contribution is -2.39. The molecule has 1 aliphatic rings. The van der Waals surface area contributed by atoms with Crippen LogP contribution in [0.5, 0.6) is 11.5 Å². The van der Waals surface area contributed by atoms with Gasteiger partial charge in [-0.3, -0.25) is 9.36 Å². The summed E-state index contributed by atoms with van der Waals surface area (Å²) < 4.78 is 18.9. The van der Waals surface area contributed by atoms with E-state index in [1.165, 1.54) is 11.3 Å². The Morgan fingerprint density at radius 1 is 1.00 bits per heavy atom. The summed E-state index contributed by atoms with van der Waals surface area (Å²) in [6, 6.07) is 12.8. The SMILES string of the molecule is CCOC(=O)C1=C(C)N=c2s/c(=C/c3ccc(OCC)c(OCC)c3)c(=O)n2[C@@H]1c1ccc(C)cc1. The molecule has 0 amide bonds. The summed E-state index contributed by atoms with van der Waals surface area (Å²) in [5.41, 5.74) is 3.42. The molecule has 1 aliphatic heterocycles. The average Bonchev–Trinajstić information content (AvgIpc) is 3.15. The normalized spacial score (nSPS) is 15.4. The van der Waals surface area contributed by atoms with E-state index in [0.717, 1.165) is 16.7 Å². The number of nitrogens with zero attached hydrogens (tertiary/aromatic N) is 2. The molecule has 0 fully saturated rings. The van der Waals surface area contributed by atoms with Crippen molar-refractivity contribution in [2.45, 2.75) is 40.7 Å². The predicted molar refractivity (Wildman–Crippen MR) is 140 cm³/mol. The summed E-state index contributed by atoms with van der Waals surface area (Å²) in [5.74, 6) is 0.817. The lowest BCUT2D eigenvalue weighted by molar-refractivity contribution is -0.139. The molecule has 8 heteroatoms. The van der Waals surface area contributed by atoms with Gasteiger partial charge in [0.2, 0.25) is 0 Å². The Hall–Kier alpha value is -3.65. The van der Waals surface area contributed by atoms with E-state index in [0.29, 0.717) is 45.3 Å². The number of thiazole rings is 1. The van der Waals surface area contributed by atoms with Crippen LogP contribution >= 0.6 is 11.3 Å². The van der Waals surface area contributed by atoms with Crippen LogP contribution in [0, 0.1) is 6.92 Å². The molecule has 0 radical (unpaired) electrons. The second-order valence-electron chi connectivity index (χ2n) is 8.29. The van der Waals surface area contributed by atoms with Crippen molar-refractivity contribution in [1.82, 2.24) is 4.57 Å². The number of benzene rings is 2. The van der Waals surface area contributed by atoms with Crippen LogP contribution in [0.2, 0.25) is 0 Å². The number of ether oxygens (including phenoxy) is 3. The molecule has 0 bridgehead atoms. The molecular weight excluding hydrogens is 476 g/mol. The summed E-state index contributed by atoms with van der Waals surface area (Å²) in [6.45, 7) is 10.6. The van der Waals surface area contributed by atoms with Gasteiger partial charge in [-0.2, -0.15) is 0 Å². The van der Waals surface area contributed by atoms with Gasteiger partial charge in [-0.15, -0.1) is 0 Å². The molecular formula is C28H30N2O5S. The maximum Gasteiger partial charge on any atom is 0.338 e. The highest BCUT2D eigenvalue weighted by Crippen LogP contribution is 2.31. The topological polar surface area (TPSA) is 79.1 Å². The first kappa shape index (κ1) is 25.4. The Balaban J connectivity index is 1.89. The van der Waals surface area contributed by atoms with E-state index in [9.17, 15) is 9.59 Å². The van der Waals surface area contributed by atoms with Crippen molar-refractivity contribution in [3.05, 3.63) is 90.1 Å². The van der Waals surface area contributed by atoms with Gasteiger partial charge in [0.25, 0.3) is 5.56 Å². The number of rotatable bonds is 8. The molecule has 0 saturated heterocycles. The zero-order valence-corrected chi connectivity index (χ0v) is 22.0. The van der Waals surface area contributed by atoms with E-state index in [1.807, 2.05) is 69.3 Å². The summed E-state index contributed by atoms with van der Waals surface area (Å²) in [7, 11) is 0. The van der Waals surface area contributed by atoms with E-state index >= 15 is 0 Å². The maximum atomic E-state index is 13.7. The fraction of sp³-hybridized carbons (Fsp3) is 0.321. The minimum atomic E-state index is -0.623. The molecule has 0 unspecified atom stereocenters. The van der Waals surface area contributed by atoms with Crippen LogP contribution in [0.1, 0.15) is 50.4 Å². The molecule has 0 N–H and O–H groups in total. The first-order valence-corrected chi connectivity index (χ1v) is 12.8. The molecule has 4 rings (SSSR count). The number of aromatic nitrogens is 1. The van der Waals surface area contributed by atoms with Crippen molar-refractivity contribution < 1.29 is 19.0 Å². The van der Waals surface area contributed by atoms with Gasteiger partial charge < -0.3 is 14.2 Å². The summed E-state index contributed by atoms with van der Waals surface area (Å²) in [6.07, 6.45) is 1.82. The van der Waals surface area contributed by atoms with Crippen molar-refractivity contribution in [2.24, 2.45) is 4.99 Å². The second kappa shape index (κ2) is 11.0. The van der Waals surface area contributed by atoms with Crippen molar-refractivity contribution in [1.29, 1.82) is 0 Å². The Kier molecular flexibility index (Phi) is 7.74. The maximum absolute atomic E-state index is 13.7. The lowest BCUT2D eigenvalue weighted by Gasteiger charge is -2.24. The van der Waals surface area contributed by atoms with Gasteiger partial charge in [0, 0.05) is 0 Å². The largest absolute Gasteiger partial charge is 0.490 e. The summed E-state index contributed by atoms with van der Waals surface area (Å²) in [4.78, 5) is 31.9. The number of carbonyl (C=O) groups is 1. The third kappa shape index (κ3) is 4.99. The van der Waals surface area contributed by atoms with Crippen LogP contribution in [0.15, 0.2) is 63.5 Å². The molecule has 188 valence electrons. The van der Waals surface area contributed by atoms with Crippen LogP contribution in [0.3, 0.4) is 0 Å². The van der Waals surface area contributed by atoms with E-state index in [2.05, 4.69) is 4.99 Å². The molecule has 7 nitrogen and oxygen atoms in total. The number of fused-ring (bicyclic) bond motifs is 1. The summed E-state index contributed by atoms with van der Waals surface area (Å²) in [5, 5.41) is 0. The van der Waals surface area contributed by atoms with Gasteiger partial charge in [0.15, 0.2) is 16.3 Å². The predicted octanol–water partition coefficient (Wildman–Crippen LogP) is 3.90. The van der Waals surface area contributed by atoms with Crippen LogP contribution < -0.4 is 24.4 Å². The van der Waals surface area contributed by atoms with Crippen molar-refractivity contribution in [2.75, 3.05) is 19.8 Å². The Bertz CT molecular complexity index is 1480. The van der Waals surface area contributed by atoms with Gasteiger partial charge in [-0.25, -0.2) is 9.79 Å². The molecule has 2 heterocycles. The molecule has 3 aromatic rings.